The number of benzene rings is 1. The molecule has 0 saturated heterocycles. The first-order valence-electron chi connectivity index (χ1n) is 6.35. The minimum Gasteiger partial charge on any atom is -0.480 e. The summed E-state index contributed by atoms with van der Waals surface area (Å²) in [4.78, 5) is 12.4. The van der Waals surface area contributed by atoms with Crippen LogP contribution in [0.4, 0.5) is 0 Å². The molecule has 0 unspecified atom stereocenters. The van der Waals surface area contributed by atoms with E-state index >= 15 is 0 Å². The monoisotopic (exact) mass is 285 g/mol. The first-order chi connectivity index (χ1) is 10.2. The number of aromatic nitrogens is 4. The molecule has 0 amide bonds. The molecule has 0 aliphatic heterocycles. The van der Waals surface area contributed by atoms with Crippen molar-refractivity contribution in [1.29, 1.82) is 0 Å². The van der Waals surface area contributed by atoms with Gasteiger partial charge < -0.3 is 5.11 Å². The number of hydrogen-bond donors (Lipinski definition) is 1. The molecular weight excluding hydrogens is 270 g/mol. The molecule has 21 heavy (non-hydrogen) atoms. The van der Waals surface area contributed by atoms with Gasteiger partial charge in [-0.15, -0.1) is 11.5 Å². The zero-order chi connectivity index (χ0) is 15.1. The van der Waals surface area contributed by atoms with Crippen LogP contribution in [0.5, 0.6) is 0 Å². The van der Waals surface area contributed by atoms with Crippen molar-refractivity contribution in [3.05, 3.63) is 41.7 Å². The molecule has 2 aromatic rings. The Morgan fingerprint density at radius 3 is 2.81 bits per heavy atom. The van der Waals surface area contributed by atoms with E-state index in [-0.39, 0.29) is 19.6 Å². The number of carboxylic acids is 1. The Morgan fingerprint density at radius 2 is 2.14 bits per heavy atom. The second-order valence-corrected chi connectivity index (χ2v) is 4.48. The number of aliphatic carboxylic acids is 1. The molecule has 1 aromatic heterocycles. The van der Waals surface area contributed by atoms with Crippen molar-refractivity contribution in [1.82, 2.24) is 25.1 Å². The topological polar surface area (TPSA) is 84.1 Å². The number of carboxylic acid groups (broad SMARTS) is 1. The highest BCUT2D eigenvalue weighted by atomic mass is 16.4. The van der Waals surface area contributed by atoms with Crippen molar-refractivity contribution in [2.24, 2.45) is 0 Å². The zero-order valence-corrected chi connectivity index (χ0v) is 11.4. The zero-order valence-electron chi connectivity index (χ0n) is 11.4. The summed E-state index contributed by atoms with van der Waals surface area (Å²) in [6.45, 7) is 0.892. The lowest BCUT2D eigenvalue weighted by molar-refractivity contribution is -0.138. The summed E-state index contributed by atoms with van der Waals surface area (Å²) in [6, 6.07) is 9.76. The highest BCUT2D eigenvalue weighted by Crippen LogP contribution is 2.05. The maximum atomic E-state index is 10.8. The summed E-state index contributed by atoms with van der Waals surface area (Å²) in [5, 5.41) is 20.4. The van der Waals surface area contributed by atoms with Crippen molar-refractivity contribution < 1.29 is 9.90 Å². The molecule has 0 aliphatic rings. The second-order valence-electron chi connectivity index (χ2n) is 4.48. The Morgan fingerprint density at radius 1 is 1.38 bits per heavy atom. The van der Waals surface area contributed by atoms with Gasteiger partial charge in [-0.1, -0.05) is 36.3 Å². The molecule has 1 N–H and O–H groups in total. The van der Waals surface area contributed by atoms with Gasteiger partial charge in [0.15, 0.2) is 5.82 Å². The summed E-state index contributed by atoms with van der Waals surface area (Å²) < 4.78 is 1.64. The van der Waals surface area contributed by atoms with Crippen LogP contribution < -0.4 is 0 Å². The van der Waals surface area contributed by atoms with Crippen molar-refractivity contribution in [2.75, 3.05) is 13.1 Å². The Labute approximate surface area is 122 Å². The van der Waals surface area contributed by atoms with Crippen LogP contribution in [-0.4, -0.2) is 49.3 Å². The number of rotatable bonds is 7. The number of terminal acetylenes is 1. The predicted molar refractivity (Wildman–Crippen MR) is 75.1 cm³/mol. The third-order valence-corrected chi connectivity index (χ3v) is 2.82. The van der Waals surface area contributed by atoms with E-state index in [1.807, 2.05) is 30.3 Å². The van der Waals surface area contributed by atoms with Crippen molar-refractivity contribution in [2.45, 2.75) is 13.1 Å². The fourth-order valence-electron chi connectivity index (χ4n) is 1.90. The van der Waals surface area contributed by atoms with Gasteiger partial charge in [0, 0.05) is 0 Å². The Hall–Kier alpha value is -2.72. The van der Waals surface area contributed by atoms with E-state index in [0.717, 1.165) is 5.56 Å². The summed E-state index contributed by atoms with van der Waals surface area (Å²) in [5.74, 6) is 2.08. The largest absolute Gasteiger partial charge is 0.480 e. The van der Waals surface area contributed by atoms with E-state index in [0.29, 0.717) is 12.4 Å². The molecule has 1 heterocycles. The standard InChI is InChI=1S/C14H15N5O2/c1-2-8-18(11-14(20)21)10-13-15-16-17-19(13)9-12-6-4-3-5-7-12/h1,3-7H,8-11H2,(H,20,21). The summed E-state index contributed by atoms with van der Waals surface area (Å²) in [5.41, 5.74) is 1.06. The maximum Gasteiger partial charge on any atom is 0.317 e. The maximum absolute atomic E-state index is 10.8. The molecule has 2 rings (SSSR count). The third-order valence-electron chi connectivity index (χ3n) is 2.82. The lowest BCUT2D eigenvalue weighted by Gasteiger charge is -2.16. The molecular formula is C14H15N5O2. The lowest BCUT2D eigenvalue weighted by atomic mass is 10.2. The third kappa shape index (κ3) is 4.40. The molecule has 108 valence electrons. The normalized spacial score (nSPS) is 10.5. The van der Waals surface area contributed by atoms with Gasteiger partial charge >= 0.3 is 5.97 Å². The van der Waals surface area contributed by atoms with Gasteiger partial charge in [0.05, 0.1) is 26.2 Å². The van der Waals surface area contributed by atoms with Crippen LogP contribution in [0, 0.1) is 12.3 Å². The SMILES string of the molecule is C#CCN(CC(=O)O)Cc1nnnn1Cc1ccccc1. The number of nitrogens with zero attached hydrogens (tertiary/aromatic N) is 5. The molecule has 7 nitrogen and oxygen atoms in total. The van der Waals surface area contributed by atoms with Crippen LogP contribution in [0.2, 0.25) is 0 Å². The number of tetrazole rings is 1. The van der Waals surface area contributed by atoms with Crippen LogP contribution in [-0.2, 0) is 17.9 Å². The quantitative estimate of drug-likeness (QED) is 0.734. The van der Waals surface area contributed by atoms with Crippen LogP contribution >= 0.6 is 0 Å². The Balaban J connectivity index is 2.08. The van der Waals surface area contributed by atoms with E-state index in [9.17, 15) is 4.79 Å². The molecule has 0 radical (unpaired) electrons. The first kappa shape index (κ1) is 14.7. The Kier molecular flexibility index (Phi) is 5.01. The van der Waals surface area contributed by atoms with E-state index in [1.54, 1.807) is 9.58 Å². The Bertz CT molecular complexity index is 632. The second kappa shape index (κ2) is 7.17. The predicted octanol–water partition coefficient (Wildman–Crippen LogP) is 0.241. The fourth-order valence-corrected chi connectivity index (χ4v) is 1.90. The molecule has 7 heteroatoms. The lowest BCUT2D eigenvalue weighted by Crippen LogP contribution is -2.31. The molecule has 0 spiro atoms. The summed E-state index contributed by atoms with van der Waals surface area (Å²) in [7, 11) is 0. The first-order valence-corrected chi connectivity index (χ1v) is 6.35. The van der Waals surface area contributed by atoms with E-state index in [2.05, 4.69) is 21.4 Å². The molecule has 0 fully saturated rings. The van der Waals surface area contributed by atoms with Gasteiger partial charge in [-0.3, -0.25) is 9.69 Å². The van der Waals surface area contributed by atoms with Crippen molar-refractivity contribution in [3.63, 3.8) is 0 Å². The minimum atomic E-state index is -0.938. The van der Waals surface area contributed by atoms with Gasteiger partial charge in [-0.05, 0) is 16.0 Å². The van der Waals surface area contributed by atoms with Gasteiger partial charge in [-0.2, -0.15) is 0 Å². The number of carbonyl (C=O) groups is 1. The fraction of sp³-hybridized carbons (Fsp3) is 0.286. The molecule has 0 atom stereocenters. The van der Waals surface area contributed by atoms with Gasteiger partial charge in [0.25, 0.3) is 0 Å². The summed E-state index contributed by atoms with van der Waals surface area (Å²) >= 11 is 0. The summed E-state index contributed by atoms with van der Waals surface area (Å²) in [6.07, 6.45) is 5.25. The molecule has 1 aromatic carbocycles. The molecule has 0 saturated carbocycles. The van der Waals surface area contributed by atoms with E-state index in [1.165, 1.54) is 0 Å². The van der Waals surface area contributed by atoms with Gasteiger partial charge in [-0.25, -0.2) is 4.68 Å². The van der Waals surface area contributed by atoms with Crippen molar-refractivity contribution in [3.8, 4) is 12.3 Å². The smallest absolute Gasteiger partial charge is 0.317 e. The van der Waals surface area contributed by atoms with Crippen LogP contribution in [0.15, 0.2) is 30.3 Å². The number of hydrogen-bond acceptors (Lipinski definition) is 5. The van der Waals surface area contributed by atoms with E-state index in [4.69, 9.17) is 11.5 Å². The van der Waals surface area contributed by atoms with Crippen LogP contribution in [0.3, 0.4) is 0 Å². The average molecular weight is 285 g/mol. The highest BCUT2D eigenvalue weighted by molar-refractivity contribution is 5.69. The average Bonchev–Trinajstić information content (AvgIpc) is 2.87. The van der Waals surface area contributed by atoms with Crippen LogP contribution in [0.1, 0.15) is 11.4 Å². The minimum absolute atomic E-state index is 0.150. The van der Waals surface area contributed by atoms with Gasteiger partial charge in [0.2, 0.25) is 0 Å². The van der Waals surface area contributed by atoms with Gasteiger partial charge in [0.1, 0.15) is 0 Å². The molecule has 0 bridgehead atoms. The molecule has 0 aliphatic carbocycles. The van der Waals surface area contributed by atoms with Crippen molar-refractivity contribution >= 4 is 5.97 Å². The van der Waals surface area contributed by atoms with Crippen LogP contribution in [0.25, 0.3) is 0 Å². The highest BCUT2D eigenvalue weighted by Gasteiger charge is 2.14. The van der Waals surface area contributed by atoms with E-state index < -0.39 is 5.97 Å².